The number of thiazole rings is 1. The van der Waals surface area contributed by atoms with E-state index in [2.05, 4.69) is 4.98 Å². The Hall–Kier alpha value is -1.22. The lowest BCUT2D eigenvalue weighted by Gasteiger charge is -2.14. The molecule has 0 amide bonds. The minimum atomic E-state index is -3.57. The van der Waals surface area contributed by atoms with Crippen LogP contribution in [0.3, 0.4) is 0 Å². The predicted molar refractivity (Wildman–Crippen MR) is 76.8 cm³/mol. The molecule has 20 heavy (non-hydrogen) atoms. The quantitative estimate of drug-likeness (QED) is 0.871. The van der Waals surface area contributed by atoms with Crippen molar-refractivity contribution in [2.75, 3.05) is 7.05 Å². The van der Waals surface area contributed by atoms with Gasteiger partial charge >= 0.3 is 0 Å². The van der Waals surface area contributed by atoms with E-state index in [9.17, 15) is 13.5 Å². The number of nitrogens with zero attached hydrogens (tertiary/aromatic N) is 3. The molecule has 2 aromatic heterocycles. The molecular formula is C12H17N3O3S2. The lowest BCUT2D eigenvalue weighted by Crippen LogP contribution is -2.26. The van der Waals surface area contributed by atoms with E-state index in [1.165, 1.54) is 28.8 Å². The molecule has 0 aliphatic rings. The van der Waals surface area contributed by atoms with Crippen molar-refractivity contribution in [3.05, 3.63) is 34.5 Å². The van der Waals surface area contributed by atoms with Crippen molar-refractivity contribution in [2.24, 2.45) is 0 Å². The number of hydrogen-bond acceptors (Lipinski definition) is 5. The summed E-state index contributed by atoms with van der Waals surface area (Å²) in [5.74, 6) is 0. The summed E-state index contributed by atoms with van der Waals surface area (Å²) < 4.78 is 27.9. The molecule has 0 atom stereocenters. The van der Waals surface area contributed by atoms with Gasteiger partial charge in [0.15, 0.2) is 0 Å². The van der Waals surface area contributed by atoms with Gasteiger partial charge in [-0.05, 0) is 13.0 Å². The fraction of sp³-hybridized carbons (Fsp3) is 0.417. The minimum absolute atomic E-state index is 0.181. The molecule has 0 bridgehead atoms. The van der Waals surface area contributed by atoms with Crippen molar-refractivity contribution in [3.8, 4) is 0 Å². The summed E-state index contributed by atoms with van der Waals surface area (Å²) in [6, 6.07) is 1.51. The molecule has 2 rings (SSSR count). The molecule has 110 valence electrons. The van der Waals surface area contributed by atoms with Gasteiger partial charge in [0.2, 0.25) is 10.0 Å². The van der Waals surface area contributed by atoms with Crippen LogP contribution in [-0.2, 0) is 29.7 Å². The number of hydrogen-bond donors (Lipinski definition) is 1. The van der Waals surface area contributed by atoms with Crippen LogP contribution in [0.25, 0.3) is 0 Å². The Morgan fingerprint density at radius 2 is 2.25 bits per heavy atom. The normalized spacial score (nSPS) is 12.2. The van der Waals surface area contributed by atoms with Crippen LogP contribution in [0.1, 0.15) is 18.3 Å². The Kier molecular flexibility index (Phi) is 4.59. The van der Waals surface area contributed by atoms with Gasteiger partial charge in [0, 0.05) is 30.9 Å². The number of aliphatic hydroxyl groups excluding tert-OH is 1. The van der Waals surface area contributed by atoms with Gasteiger partial charge in [-0.1, -0.05) is 0 Å². The third-order valence-electron chi connectivity index (χ3n) is 3.04. The molecule has 0 saturated carbocycles. The molecule has 0 aliphatic carbocycles. The van der Waals surface area contributed by atoms with Crippen LogP contribution in [0, 0.1) is 0 Å². The second kappa shape index (κ2) is 6.04. The maximum absolute atomic E-state index is 12.5. The molecular weight excluding hydrogens is 298 g/mol. The first-order chi connectivity index (χ1) is 9.48. The fourth-order valence-corrected chi connectivity index (χ4v) is 3.66. The van der Waals surface area contributed by atoms with Crippen molar-refractivity contribution in [3.63, 3.8) is 0 Å². The first-order valence-electron chi connectivity index (χ1n) is 6.12. The average Bonchev–Trinajstić information content (AvgIpc) is 3.06. The Bertz CT molecular complexity index is 641. The van der Waals surface area contributed by atoms with Gasteiger partial charge in [0.05, 0.1) is 24.4 Å². The Morgan fingerprint density at radius 3 is 2.75 bits per heavy atom. The molecule has 0 aromatic carbocycles. The Balaban J connectivity index is 2.27. The predicted octanol–water partition coefficient (Wildman–Crippen LogP) is 1.28. The monoisotopic (exact) mass is 315 g/mol. The van der Waals surface area contributed by atoms with Crippen molar-refractivity contribution in [1.82, 2.24) is 13.9 Å². The molecule has 0 saturated heterocycles. The first-order valence-corrected chi connectivity index (χ1v) is 8.50. The third-order valence-corrected chi connectivity index (χ3v) is 5.44. The highest BCUT2D eigenvalue weighted by atomic mass is 32.2. The second-order valence-electron chi connectivity index (χ2n) is 4.35. The van der Waals surface area contributed by atoms with Gasteiger partial charge in [-0.15, -0.1) is 11.3 Å². The van der Waals surface area contributed by atoms with Gasteiger partial charge < -0.3 is 9.67 Å². The summed E-state index contributed by atoms with van der Waals surface area (Å²) in [7, 11) is -2.05. The summed E-state index contributed by atoms with van der Waals surface area (Å²) in [5.41, 5.74) is 2.99. The van der Waals surface area contributed by atoms with Crippen LogP contribution < -0.4 is 0 Å². The zero-order chi connectivity index (χ0) is 14.8. The fourth-order valence-electron chi connectivity index (χ4n) is 1.90. The van der Waals surface area contributed by atoms with Crippen LogP contribution in [-0.4, -0.2) is 34.4 Å². The van der Waals surface area contributed by atoms with Gasteiger partial charge in [0.25, 0.3) is 0 Å². The van der Waals surface area contributed by atoms with E-state index in [1.54, 1.807) is 16.3 Å². The number of aliphatic hydroxyl groups is 1. The van der Waals surface area contributed by atoms with E-state index < -0.39 is 10.0 Å². The SMILES string of the molecule is CCn1cc(S(=O)(=O)N(C)Cc2cscn2)cc1CO. The largest absolute Gasteiger partial charge is 0.390 e. The molecule has 0 fully saturated rings. The van der Waals surface area contributed by atoms with E-state index in [0.29, 0.717) is 12.2 Å². The Morgan fingerprint density at radius 1 is 1.50 bits per heavy atom. The zero-order valence-corrected chi connectivity index (χ0v) is 13.0. The maximum atomic E-state index is 12.5. The van der Waals surface area contributed by atoms with Crippen LogP contribution in [0.4, 0.5) is 0 Å². The van der Waals surface area contributed by atoms with E-state index in [4.69, 9.17) is 0 Å². The minimum Gasteiger partial charge on any atom is -0.390 e. The van der Waals surface area contributed by atoms with Crippen molar-refractivity contribution >= 4 is 21.4 Å². The second-order valence-corrected chi connectivity index (χ2v) is 7.12. The summed E-state index contributed by atoms with van der Waals surface area (Å²) in [6.45, 7) is 2.56. The molecule has 2 heterocycles. The molecule has 8 heteroatoms. The molecule has 0 aliphatic heterocycles. The highest BCUT2D eigenvalue weighted by Gasteiger charge is 2.23. The molecule has 0 spiro atoms. The third kappa shape index (κ3) is 2.93. The van der Waals surface area contributed by atoms with E-state index in [0.717, 1.165) is 5.69 Å². The number of rotatable bonds is 6. The zero-order valence-electron chi connectivity index (χ0n) is 11.4. The number of aromatic nitrogens is 2. The summed E-state index contributed by atoms with van der Waals surface area (Å²) >= 11 is 1.43. The highest BCUT2D eigenvalue weighted by Crippen LogP contribution is 2.20. The van der Waals surface area contributed by atoms with E-state index in [1.807, 2.05) is 12.3 Å². The number of sulfonamides is 1. The highest BCUT2D eigenvalue weighted by molar-refractivity contribution is 7.89. The standard InChI is InChI=1S/C12H17N3O3S2/c1-3-15-6-12(4-11(15)7-16)20(17,18)14(2)5-10-8-19-9-13-10/h4,6,8-9,16H,3,5,7H2,1-2H3. The number of aryl methyl sites for hydroxylation is 1. The van der Waals surface area contributed by atoms with Crippen molar-refractivity contribution in [1.29, 1.82) is 0 Å². The first kappa shape index (κ1) is 15.2. The lowest BCUT2D eigenvalue weighted by molar-refractivity contribution is 0.271. The molecule has 2 aromatic rings. The van der Waals surface area contributed by atoms with Gasteiger partial charge in [-0.25, -0.2) is 13.4 Å². The topological polar surface area (TPSA) is 75.4 Å². The smallest absolute Gasteiger partial charge is 0.244 e. The molecule has 6 nitrogen and oxygen atoms in total. The van der Waals surface area contributed by atoms with E-state index >= 15 is 0 Å². The average molecular weight is 315 g/mol. The lowest BCUT2D eigenvalue weighted by atomic mass is 10.4. The molecule has 1 N–H and O–H groups in total. The molecule has 0 radical (unpaired) electrons. The van der Waals surface area contributed by atoms with Crippen LogP contribution in [0.2, 0.25) is 0 Å². The van der Waals surface area contributed by atoms with Gasteiger partial charge in [-0.3, -0.25) is 0 Å². The van der Waals surface area contributed by atoms with Crippen LogP contribution in [0.5, 0.6) is 0 Å². The van der Waals surface area contributed by atoms with Gasteiger partial charge in [-0.2, -0.15) is 4.31 Å². The van der Waals surface area contributed by atoms with E-state index in [-0.39, 0.29) is 18.0 Å². The molecule has 0 unspecified atom stereocenters. The van der Waals surface area contributed by atoms with Crippen molar-refractivity contribution in [2.45, 2.75) is 31.5 Å². The summed E-state index contributed by atoms with van der Waals surface area (Å²) in [6.07, 6.45) is 1.55. The van der Waals surface area contributed by atoms with Crippen molar-refractivity contribution < 1.29 is 13.5 Å². The summed E-state index contributed by atoms with van der Waals surface area (Å²) in [4.78, 5) is 4.28. The Labute approximate surface area is 122 Å². The van der Waals surface area contributed by atoms with Crippen LogP contribution in [0.15, 0.2) is 28.0 Å². The van der Waals surface area contributed by atoms with Gasteiger partial charge in [0.1, 0.15) is 4.90 Å². The van der Waals surface area contributed by atoms with Crippen LogP contribution >= 0.6 is 11.3 Å². The maximum Gasteiger partial charge on any atom is 0.244 e. The summed E-state index contributed by atoms with van der Waals surface area (Å²) in [5, 5.41) is 11.1.